The average molecular weight is 728 g/mol. The number of aryl methyl sites for hydroxylation is 1. The van der Waals surface area contributed by atoms with Crippen LogP contribution in [-0.4, -0.2) is 24.1 Å². The molecule has 0 N–H and O–H groups in total. The highest BCUT2D eigenvalue weighted by Crippen LogP contribution is 2.43. The molecule has 0 fully saturated rings. The summed E-state index contributed by atoms with van der Waals surface area (Å²) in [6.45, 7) is 2.17. The number of fused-ring (bicyclic) bond motifs is 13. The van der Waals surface area contributed by atoms with Gasteiger partial charge < -0.3 is 4.57 Å². The maximum absolute atomic E-state index is 5.20. The van der Waals surface area contributed by atoms with E-state index in [0.29, 0.717) is 17.6 Å². The largest absolute Gasteiger partial charge is 0.309 e. The molecule has 5 heteroatoms. The summed E-state index contributed by atoms with van der Waals surface area (Å²) in [4.78, 5) is 15.4. The van der Waals surface area contributed by atoms with Gasteiger partial charge in [0.05, 0.1) is 22.1 Å². The molecule has 0 atom stereocenters. The van der Waals surface area contributed by atoms with Crippen molar-refractivity contribution in [1.82, 2.24) is 24.1 Å². The van der Waals surface area contributed by atoms with Crippen molar-refractivity contribution in [2.24, 2.45) is 0 Å². The van der Waals surface area contributed by atoms with E-state index in [1.54, 1.807) is 0 Å². The van der Waals surface area contributed by atoms with E-state index in [1.165, 1.54) is 48.7 Å². The van der Waals surface area contributed by atoms with Gasteiger partial charge >= 0.3 is 0 Å². The fourth-order valence-corrected chi connectivity index (χ4v) is 9.09. The number of aromatic nitrogens is 5. The standard InChI is InChI=1S/C52H33N5/c1-32-24-26-38-39-27-25-35(31-44(39)37-19-9-8-18-36(37)43(38)30-32)56-45-22-12-10-20-40(45)41-28-29-47-48(49(41)56)42-21-11-13-23-46(42)57(47)52-54-50(33-14-4-2-5-15-33)53-51(55-52)34-16-6-3-7-17-34/h2-31H,1H3. The van der Waals surface area contributed by atoms with Crippen LogP contribution in [0.3, 0.4) is 0 Å². The summed E-state index contributed by atoms with van der Waals surface area (Å²) in [5.41, 5.74) is 8.65. The Hall–Kier alpha value is -7.63. The molecule has 0 saturated carbocycles. The van der Waals surface area contributed by atoms with E-state index in [0.717, 1.165) is 49.7 Å². The van der Waals surface area contributed by atoms with Crippen LogP contribution in [0.5, 0.6) is 0 Å². The summed E-state index contributed by atoms with van der Waals surface area (Å²) in [5.74, 6) is 1.84. The zero-order chi connectivity index (χ0) is 37.6. The summed E-state index contributed by atoms with van der Waals surface area (Å²) < 4.78 is 4.68. The summed E-state index contributed by atoms with van der Waals surface area (Å²) in [6, 6.07) is 64.9. The van der Waals surface area contributed by atoms with E-state index >= 15 is 0 Å². The van der Waals surface area contributed by atoms with Gasteiger partial charge in [-0.15, -0.1) is 0 Å². The molecule has 0 saturated heterocycles. The Balaban J connectivity index is 1.19. The van der Waals surface area contributed by atoms with E-state index in [1.807, 2.05) is 36.4 Å². The lowest BCUT2D eigenvalue weighted by molar-refractivity contribution is 0.953. The van der Waals surface area contributed by atoms with Gasteiger partial charge in [-0.2, -0.15) is 9.97 Å². The van der Waals surface area contributed by atoms with Crippen molar-refractivity contribution in [2.75, 3.05) is 0 Å². The first-order chi connectivity index (χ1) is 28.2. The fourth-order valence-electron chi connectivity index (χ4n) is 9.09. The molecule has 266 valence electrons. The number of para-hydroxylation sites is 2. The number of hydrogen-bond acceptors (Lipinski definition) is 3. The summed E-state index contributed by atoms with van der Waals surface area (Å²) in [5, 5.41) is 12.3. The molecule has 0 aliphatic carbocycles. The molecule has 3 aromatic heterocycles. The van der Waals surface area contributed by atoms with Gasteiger partial charge in [0.1, 0.15) is 0 Å². The Kier molecular flexibility index (Phi) is 6.78. The molecule has 0 aliphatic rings. The molecule has 0 radical (unpaired) electrons. The highest BCUT2D eigenvalue weighted by atomic mass is 15.2. The van der Waals surface area contributed by atoms with Crippen molar-refractivity contribution < 1.29 is 0 Å². The molecule has 0 unspecified atom stereocenters. The van der Waals surface area contributed by atoms with Crippen LogP contribution < -0.4 is 0 Å². The van der Waals surface area contributed by atoms with Gasteiger partial charge in [-0.25, -0.2) is 4.98 Å². The predicted molar refractivity (Wildman–Crippen MR) is 237 cm³/mol. The van der Waals surface area contributed by atoms with Crippen molar-refractivity contribution >= 4 is 75.9 Å². The van der Waals surface area contributed by atoms with Gasteiger partial charge in [-0.05, 0) is 69.6 Å². The lowest BCUT2D eigenvalue weighted by Gasteiger charge is -2.14. The van der Waals surface area contributed by atoms with Crippen LogP contribution in [0, 0.1) is 6.92 Å². The molecule has 3 heterocycles. The zero-order valence-corrected chi connectivity index (χ0v) is 31.1. The third-order valence-corrected chi connectivity index (χ3v) is 11.6. The van der Waals surface area contributed by atoms with Crippen LogP contribution >= 0.6 is 0 Å². The van der Waals surface area contributed by atoms with Crippen LogP contribution in [0.15, 0.2) is 182 Å². The van der Waals surface area contributed by atoms with Crippen molar-refractivity contribution in [3.05, 3.63) is 188 Å². The maximum atomic E-state index is 5.20. The van der Waals surface area contributed by atoms with Crippen LogP contribution in [-0.2, 0) is 0 Å². The molecular weight excluding hydrogens is 695 g/mol. The molecule has 0 amide bonds. The van der Waals surface area contributed by atoms with Crippen molar-refractivity contribution in [2.45, 2.75) is 6.92 Å². The first-order valence-corrected chi connectivity index (χ1v) is 19.4. The fraction of sp³-hybridized carbons (Fsp3) is 0.0192. The first kappa shape index (κ1) is 31.7. The predicted octanol–water partition coefficient (Wildman–Crippen LogP) is 13.2. The number of nitrogens with zero attached hydrogens (tertiary/aromatic N) is 5. The molecule has 9 aromatic carbocycles. The molecule has 12 aromatic rings. The first-order valence-electron chi connectivity index (χ1n) is 19.4. The second-order valence-electron chi connectivity index (χ2n) is 14.9. The number of hydrogen-bond donors (Lipinski definition) is 0. The molecule has 57 heavy (non-hydrogen) atoms. The number of benzene rings is 9. The van der Waals surface area contributed by atoms with Gasteiger partial charge in [0, 0.05) is 38.4 Å². The van der Waals surface area contributed by atoms with Crippen molar-refractivity contribution in [3.8, 4) is 34.4 Å². The lowest BCUT2D eigenvalue weighted by atomic mass is 9.93. The van der Waals surface area contributed by atoms with E-state index in [4.69, 9.17) is 15.0 Å². The molecule has 0 spiro atoms. The minimum atomic E-state index is 0.579. The molecular formula is C52H33N5. The summed E-state index contributed by atoms with van der Waals surface area (Å²) >= 11 is 0. The normalized spacial score (nSPS) is 11.9. The third kappa shape index (κ3) is 4.72. The number of rotatable bonds is 4. The van der Waals surface area contributed by atoms with Crippen LogP contribution in [0.1, 0.15) is 5.56 Å². The quantitative estimate of drug-likeness (QED) is 0.170. The van der Waals surface area contributed by atoms with E-state index in [9.17, 15) is 0 Å². The van der Waals surface area contributed by atoms with Gasteiger partial charge in [0.25, 0.3) is 0 Å². The maximum Gasteiger partial charge on any atom is 0.238 e. The second-order valence-corrected chi connectivity index (χ2v) is 14.9. The lowest BCUT2D eigenvalue weighted by Crippen LogP contribution is -2.06. The smallest absolute Gasteiger partial charge is 0.238 e. The van der Waals surface area contributed by atoms with Gasteiger partial charge in [-0.3, -0.25) is 4.57 Å². The zero-order valence-electron chi connectivity index (χ0n) is 31.1. The van der Waals surface area contributed by atoms with Crippen molar-refractivity contribution in [3.63, 3.8) is 0 Å². The summed E-state index contributed by atoms with van der Waals surface area (Å²) in [7, 11) is 0. The van der Waals surface area contributed by atoms with Gasteiger partial charge in [0.15, 0.2) is 11.6 Å². The highest BCUT2D eigenvalue weighted by molar-refractivity contribution is 6.28. The monoisotopic (exact) mass is 727 g/mol. The molecule has 12 rings (SSSR count). The highest BCUT2D eigenvalue weighted by Gasteiger charge is 2.23. The topological polar surface area (TPSA) is 48.5 Å². The van der Waals surface area contributed by atoms with E-state index < -0.39 is 0 Å². The molecule has 0 aliphatic heterocycles. The molecule has 5 nitrogen and oxygen atoms in total. The second kappa shape index (κ2) is 12.2. The molecule has 0 bridgehead atoms. The van der Waals surface area contributed by atoms with Gasteiger partial charge in [0.2, 0.25) is 5.95 Å². The average Bonchev–Trinajstić information content (AvgIpc) is 3.80. The minimum Gasteiger partial charge on any atom is -0.309 e. The Labute approximate surface area is 327 Å². The Morgan fingerprint density at radius 3 is 1.53 bits per heavy atom. The van der Waals surface area contributed by atoms with E-state index in [2.05, 4.69) is 162 Å². The van der Waals surface area contributed by atoms with Crippen LogP contribution in [0.2, 0.25) is 0 Å². The van der Waals surface area contributed by atoms with E-state index in [-0.39, 0.29) is 0 Å². The van der Waals surface area contributed by atoms with Crippen LogP contribution in [0.25, 0.3) is 110 Å². The Morgan fingerprint density at radius 1 is 0.351 bits per heavy atom. The van der Waals surface area contributed by atoms with Gasteiger partial charge in [-0.1, -0.05) is 157 Å². The van der Waals surface area contributed by atoms with Crippen LogP contribution in [0.4, 0.5) is 0 Å². The Morgan fingerprint density at radius 2 is 0.860 bits per heavy atom. The Bertz CT molecular complexity index is 3500. The summed E-state index contributed by atoms with van der Waals surface area (Å²) in [6.07, 6.45) is 0. The minimum absolute atomic E-state index is 0.579. The third-order valence-electron chi connectivity index (χ3n) is 11.6. The van der Waals surface area contributed by atoms with Crippen molar-refractivity contribution in [1.29, 1.82) is 0 Å². The SMILES string of the molecule is Cc1ccc2c3ccc(-n4c5ccccc5c5ccc6c(c7ccccc7n6-c6nc(-c7ccccc7)nc(-c7ccccc7)n6)c54)cc3c3ccccc3c2c1.